The number of hydrogen-bond acceptors (Lipinski definition) is 4. The van der Waals surface area contributed by atoms with Crippen molar-refractivity contribution in [3.8, 4) is 0 Å². The molecule has 0 heterocycles. The maximum absolute atomic E-state index is 8.18. The predicted molar refractivity (Wildman–Crippen MR) is 17.9 cm³/mol. The zero-order valence-electron chi connectivity index (χ0n) is 4.16. The van der Waals surface area contributed by atoms with E-state index >= 15 is 0 Å². The fraction of sp³-hybridized carbons (Fsp3) is 1.00. The molecule has 0 aliphatic heterocycles. The van der Waals surface area contributed by atoms with E-state index in [9.17, 15) is 0 Å². The van der Waals surface area contributed by atoms with E-state index in [2.05, 4.69) is 9.68 Å². The van der Waals surface area contributed by atoms with Gasteiger partial charge in [0.05, 0.1) is 0 Å². The van der Waals surface area contributed by atoms with Gasteiger partial charge in [-0.15, -0.1) is 20.1 Å². The molecular weight excluding hydrogens is 102 g/mol. The first-order valence-corrected chi connectivity index (χ1v) is 1.58. The SMILES string of the molecule is CO[N+](O)(O)OC. The van der Waals surface area contributed by atoms with E-state index in [0.29, 0.717) is 0 Å². The highest BCUT2D eigenvalue weighted by Gasteiger charge is 2.20. The molecule has 0 rings (SSSR count). The summed E-state index contributed by atoms with van der Waals surface area (Å²) < 4.78 is 0. The molecule has 0 radical (unpaired) electrons. The minimum absolute atomic E-state index is 1.09. The first-order chi connectivity index (χ1) is 3.12. The molecule has 2 N–H and O–H groups in total. The summed E-state index contributed by atoms with van der Waals surface area (Å²) in [7, 11) is 2.17. The van der Waals surface area contributed by atoms with Gasteiger partial charge in [-0.25, -0.2) is 0 Å². The number of quaternary nitrogens is 1. The van der Waals surface area contributed by atoms with Crippen LogP contribution in [-0.4, -0.2) is 29.8 Å². The average molecular weight is 110 g/mol. The van der Waals surface area contributed by atoms with E-state index < -0.39 is 5.14 Å². The molecular formula is C2H8NO4+. The van der Waals surface area contributed by atoms with Crippen molar-refractivity contribution in [2.75, 3.05) is 14.2 Å². The molecule has 0 fully saturated rings. The molecule has 0 spiro atoms. The number of hydrogen-bond donors (Lipinski definition) is 2. The van der Waals surface area contributed by atoms with Gasteiger partial charge in [-0.3, -0.25) is 0 Å². The molecule has 0 aromatic heterocycles. The Morgan fingerprint density at radius 3 is 1.43 bits per heavy atom. The Morgan fingerprint density at radius 2 is 1.43 bits per heavy atom. The average Bonchev–Trinajstić information content (AvgIpc) is 1.68. The van der Waals surface area contributed by atoms with E-state index in [0.717, 1.165) is 14.2 Å². The third kappa shape index (κ3) is 2.49. The summed E-state index contributed by atoms with van der Waals surface area (Å²) in [4.78, 5) is 7.83. The summed E-state index contributed by atoms with van der Waals surface area (Å²) in [6.45, 7) is 0. The third-order valence-corrected chi connectivity index (χ3v) is 0.476. The van der Waals surface area contributed by atoms with Crippen LogP contribution in [0.2, 0.25) is 0 Å². The minimum Gasteiger partial charge on any atom is -0.111 e. The molecule has 0 bridgehead atoms. The van der Waals surface area contributed by atoms with Crippen LogP contribution >= 0.6 is 0 Å². The van der Waals surface area contributed by atoms with E-state index in [1.54, 1.807) is 0 Å². The Bertz CT molecular complexity index is 47.7. The van der Waals surface area contributed by atoms with Gasteiger partial charge >= 0.3 is 0 Å². The van der Waals surface area contributed by atoms with Crippen molar-refractivity contribution in [3.05, 3.63) is 0 Å². The van der Waals surface area contributed by atoms with Gasteiger partial charge in [-0.1, -0.05) is 0 Å². The van der Waals surface area contributed by atoms with Crippen LogP contribution in [0.15, 0.2) is 0 Å². The molecule has 0 unspecified atom stereocenters. The highest BCUT2D eigenvalue weighted by Crippen LogP contribution is 1.91. The lowest BCUT2D eigenvalue weighted by Gasteiger charge is -2.08. The van der Waals surface area contributed by atoms with Crippen molar-refractivity contribution in [1.82, 2.24) is 0 Å². The van der Waals surface area contributed by atoms with Crippen LogP contribution < -0.4 is 0 Å². The van der Waals surface area contributed by atoms with Gasteiger partial charge in [-0.2, -0.15) is 0 Å². The molecule has 0 atom stereocenters. The fourth-order valence-corrected chi connectivity index (χ4v) is 0.0745. The van der Waals surface area contributed by atoms with E-state index in [-0.39, 0.29) is 0 Å². The van der Waals surface area contributed by atoms with Crippen LogP contribution in [0.3, 0.4) is 0 Å². The lowest BCUT2D eigenvalue weighted by atomic mass is 11.7. The molecule has 0 aliphatic carbocycles. The summed E-state index contributed by atoms with van der Waals surface area (Å²) in [5.74, 6) is 0. The fourth-order valence-electron chi connectivity index (χ4n) is 0.0745. The van der Waals surface area contributed by atoms with Crippen molar-refractivity contribution in [2.45, 2.75) is 0 Å². The molecule has 0 amide bonds. The van der Waals surface area contributed by atoms with Crippen LogP contribution in [0.1, 0.15) is 0 Å². The van der Waals surface area contributed by atoms with Crippen LogP contribution in [0.25, 0.3) is 0 Å². The van der Waals surface area contributed by atoms with Gasteiger partial charge < -0.3 is 0 Å². The van der Waals surface area contributed by atoms with Gasteiger partial charge in [-0.05, 0) is 0 Å². The summed E-state index contributed by atoms with van der Waals surface area (Å²) in [6, 6.07) is 0. The van der Waals surface area contributed by atoms with E-state index in [1.807, 2.05) is 0 Å². The van der Waals surface area contributed by atoms with Crippen molar-refractivity contribution in [2.24, 2.45) is 0 Å². The zero-order chi connectivity index (χ0) is 5.91. The Kier molecular flexibility index (Phi) is 2.13. The van der Waals surface area contributed by atoms with E-state index in [4.69, 9.17) is 10.4 Å². The summed E-state index contributed by atoms with van der Waals surface area (Å²) >= 11 is 0. The maximum Gasteiger partial charge on any atom is 0.241 e. The third-order valence-electron chi connectivity index (χ3n) is 0.476. The Balaban J connectivity index is 3.36. The molecule has 5 nitrogen and oxygen atoms in total. The zero-order valence-corrected chi connectivity index (χ0v) is 4.16. The summed E-state index contributed by atoms with van der Waals surface area (Å²) in [6.07, 6.45) is 0. The molecule has 0 aromatic rings. The van der Waals surface area contributed by atoms with Crippen molar-refractivity contribution >= 4 is 0 Å². The normalized spacial score (nSPS) is 12.0. The molecule has 0 saturated carbocycles. The highest BCUT2D eigenvalue weighted by molar-refractivity contribution is 3.42. The van der Waals surface area contributed by atoms with Crippen molar-refractivity contribution in [1.29, 1.82) is 0 Å². The van der Waals surface area contributed by atoms with Crippen LogP contribution in [-0.2, 0) is 9.68 Å². The van der Waals surface area contributed by atoms with Gasteiger partial charge in [0.2, 0.25) is 5.14 Å². The maximum atomic E-state index is 8.18. The monoisotopic (exact) mass is 110 g/mol. The van der Waals surface area contributed by atoms with Gasteiger partial charge in [0.15, 0.2) is 0 Å². The van der Waals surface area contributed by atoms with E-state index in [1.165, 1.54) is 0 Å². The van der Waals surface area contributed by atoms with Gasteiger partial charge in [0.1, 0.15) is 14.2 Å². The molecule has 7 heavy (non-hydrogen) atoms. The smallest absolute Gasteiger partial charge is 0.111 e. The van der Waals surface area contributed by atoms with Crippen molar-refractivity contribution in [3.63, 3.8) is 0 Å². The Labute approximate surface area is 40.7 Å². The second-order valence-corrected chi connectivity index (χ2v) is 0.856. The number of nitrogens with zero attached hydrogens (tertiary/aromatic N) is 1. The van der Waals surface area contributed by atoms with Crippen LogP contribution in [0.4, 0.5) is 0 Å². The van der Waals surface area contributed by atoms with Crippen molar-refractivity contribution < 1.29 is 25.2 Å². The second kappa shape index (κ2) is 2.20. The standard InChI is InChI=1S/C2H8NO4/c1-6-3(4,5)7-2/h4-5H,1-2H3/q+1. The van der Waals surface area contributed by atoms with Gasteiger partial charge in [0.25, 0.3) is 0 Å². The first-order valence-electron chi connectivity index (χ1n) is 1.58. The Hall–Kier alpha value is -0.200. The van der Waals surface area contributed by atoms with Gasteiger partial charge in [0, 0.05) is 0 Å². The molecule has 44 valence electrons. The first kappa shape index (κ1) is 6.80. The molecule has 0 aromatic carbocycles. The number of rotatable bonds is 2. The molecule has 5 heteroatoms. The summed E-state index contributed by atoms with van der Waals surface area (Å²) in [5.41, 5.74) is 0. The lowest BCUT2D eigenvalue weighted by Crippen LogP contribution is -2.38. The molecule has 0 saturated heterocycles. The van der Waals surface area contributed by atoms with Crippen LogP contribution in [0, 0.1) is 0 Å². The highest BCUT2D eigenvalue weighted by atomic mass is 17.3. The lowest BCUT2D eigenvalue weighted by molar-refractivity contribution is -1.47. The topological polar surface area (TPSA) is 58.9 Å². The largest absolute Gasteiger partial charge is 0.241 e. The second-order valence-electron chi connectivity index (χ2n) is 0.856. The predicted octanol–water partition coefficient (Wildman–Crippen LogP) is -0.296. The summed E-state index contributed by atoms with van der Waals surface area (Å²) in [5, 5.41) is 14.5. The Morgan fingerprint density at radius 1 is 1.14 bits per heavy atom. The minimum atomic E-state index is -1.86. The molecule has 0 aliphatic rings. The van der Waals surface area contributed by atoms with Crippen LogP contribution in [0.5, 0.6) is 0 Å². The quantitative estimate of drug-likeness (QED) is 0.378.